The van der Waals surface area contributed by atoms with Gasteiger partial charge in [0, 0.05) is 6.20 Å². The van der Waals surface area contributed by atoms with Crippen LogP contribution in [0.15, 0.2) is 24.0 Å². The van der Waals surface area contributed by atoms with Crippen molar-refractivity contribution in [3.05, 3.63) is 24.0 Å². The maximum atomic E-state index is 8.47. The molecule has 0 aromatic heterocycles. The summed E-state index contributed by atoms with van der Waals surface area (Å²) in [4.78, 5) is 4.56. The van der Waals surface area contributed by atoms with Crippen molar-refractivity contribution in [3.8, 4) is 0 Å². The molecule has 3 N–H and O–H groups in total. The third-order valence-electron chi connectivity index (χ3n) is 0.856. The van der Waals surface area contributed by atoms with Crippen LogP contribution < -0.4 is 5.48 Å². The van der Waals surface area contributed by atoms with Gasteiger partial charge in [0.2, 0.25) is 0 Å². The Labute approximate surface area is 52.5 Å². The fourth-order valence-corrected chi connectivity index (χ4v) is 0.457. The zero-order valence-electron chi connectivity index (χ0n) is 4.61. The van der Waals surface area contributed by atoms with Crippen LogP contribution in [0.2, 0.25) is 0 Å². The van der Waals surface area contributed by atoms with Crippen molar-refractivity contribution in [3.63, 3.8) is 0 Å². The van der Waals surface area contributed by atoms with E-state index < -0.39 is 7.12 Å². The lowest BCUT2D eigenvalue weighted by Gasteiger charge is -2.09. The number of nitrogens with one attached hydrogen (secondary N) is 1. The van der Waals surface area contributed by atoms with Crippen molar-refractivity contribution in [2.75, 3.05) is 0 Å². The van der Waals surface area contributed by atoms with E-state index in [-0.39, 0.29) is 5.66 Å². The molecule has 0 radical (unpaired) electrons. The first-order valence-corrected chi connectivity index (χ1v) is 2.46. The van der Waals surface area contributed by atoms with Crippen LogP contribution in [0.1, 0.15) is 0 Å². The molecule has 0 spiro atoms. The smallest absolute Gasteiger partial charge is 0.421 e. The summed E-state index contributed by atoms with van der Waals surface area (Å²) in [5.41, 5.74) is 2.44. The van der Waals surface area contributed by atoms with Gasteiger partial charge >= 0.3 is 7.12 Å². The van der Waals surface area contributed by atoms with Crippen molar-refractivity contribution >= 4 is 7.12 Å². The van der Waals surface area contributed by atoms with Gasteiger partial charge in [0.15, 0.2) is 5.66 Å². The Balaban J connectivity index is 2.57. The van der Waals surface area contributed by atoms with Crippen LogP contribution in [0.25, 0.3) is 0 Å². The Bertz CT molecular complexity index is 154. The van der Waals surface area contributed by atoms with Gasteiger partial charge in [-0.2, -0.15) is 0 Å². The Hall–Kier alpha value is -0.935. The van der Waals surface area contributed by atoms with Gasteiger partial charge in [0.25, 0.3) is 0 Å². The van der Waals surface area contributed by atoms with Crippen molar-refractivity contribution in [1.82, 2.24) is 5.48 Å². The van der Waals surface area contributed by atoms with Crippen molar-refractivity contribution in [1.29, 1.82) is 0 Å². The molecule has 4 nitrogen and oxygen atoms in total. The summed E-state index contributed by atoms with van der Waals surface area (Å²) >= 11 is 0. The first kappa shape index (κ1) is 6.19. The Morgan fingerprint density at radius 1 is 1.56 bits per heavy atom. The largest absolute Gasteiger partial charge is 0.529 e. The Morgan fingerprint density at radius 2 is 2.33 bits per heavy atom. The maximum absolute atomic E-state index is 8.47. The van der Waals surface area contributed by atoms with Crippen molar-refractivity contribution in [2.24, 2.45) is 0 Å². The zero-order chi connectivity index (χ0) is 6.69. The summed E-state index contributed by atoms with van der Waals surface area (Å²) in [7, 11) is -1.54. The molecule has 0 bridgehead atoms. The number of hydrogen-bond acceptors (Lipinski definition) is 4. The lowest BCUT2D eigenvalue weighted by atomic mass is 9.88. The van der Waals surface area contributed by atoms with Gasteiger partial charge in [-0.15, -0.1) is 0 Å². The summed E-state index contributed by atoms with van der Waals surface area (Å²) in [5.74, 6) is 0. The third-order valence-corrected chi connectivity index (χ3v) is 0.856. The van der Waals surface area contributed by atoms with E-state index in [0.29, 0.717) is 0 Å². The molecule has 0 aromatic carbocycles. The van der Waals surface area contributed by atoms with Gasteiger partial charge in [-0.25, -0.2) is 5.48 Å². The molecule has 0 aromatic rings. The predicted octanol–water partition coefficient (Wildman–Crippen LogP) is -1.07. The van der Waals surface area contributed by atoms with Crippen LogP contribution in [-0.4, -0.2) is 17.2 Å². The lowest BCUT2D eigenvalue weighted by molar-refractivity contribution is 0.144. The molecule has 0 atom stereocenters. The molecule has 5 heteroatoms. The van der Waals surface area contributed by atoms with Crippen molar-refractivity contribution in [2.45, 2.75) is 0 Å². The van der Waals surface area contributed by atoms with Crippen LogP contribution in [-0.2, 0) is 4.84 Å². The maximum Gasteiger partial charge on any atom is 0.529 e. The van der Waals surface area contributed by atoms with E-state index in [1.54, 1.807) is 6.08 Å². The molecule has 0 saturated carbocycles. The summed E-state index contributed by atoms with van der Waals surface area (Å²) in [6.45, 7) is 0. The van der Waals surface area contributed by atoms with E-state index in [9.17, 15) is 0 Å². The molecule has 1 heterocycles. The van der Waals surface area contributed by atoms with E-state index in [0.717, 1.165) is 0 Å². The molecule has 9 heavy (non-hydrogen) atoms. The molecule has 0 saturated heterocycles. The Kier molecular flexibility index (Phi) is 1.76. The van der Waals surface area contributed by atoms with Crippen LogP contribution in [0, 0.1) is 0 Å². The average molecular weight is 127 g/mol. The molecular formula is C4H6BNO3. The van der Waals surface area contributed by atoms with Crippen LogP contribution in [0.5, 0.6) is 0 Å². The number of rotatable bonds is 1. The van der Waals surface area contributed by atoms with Crippen LogP contribution >= 0.6 is 0 Å². The van der Waals surface area contributed by atoms with E-state index in [4.69, 9.17) is 10.0 Å². The predicted molar refractivity (Wildman–Crippen MR) is 31.6 cm³/mol. The summed E-state index contributed by atoms with van der Waals surface area (Å²) in [6.07, 6.45) is 4.60. The van der Waals surface area contributed by atoms with Crippen LogP contribution in [0.3, 0.4) is 0 Å². The quantitative estimate of drug-likeness (QED) is 0.392. The highest BCUT2D eigenvalue weighted by atomic mass is 16.7. The summed E-state index contributed by atoms with van der Waals surface area (Å²) < 4.78 is 0. The molecule has 0 aliphatic carbocycles. The van der Waals surface area contributed by atoms with Gasteiger partial charge < -0.3 is 14.9 Å². The highest BCUT2D eigenvalue weighted by molar-refractivity contribution is 6.49. The minimum absolute atomic E-state index is 0.0949. The van der Waals surface area contributed by atoms with Gasteiger partial charge in [-0.3, -0.25) is 0 Å². The SMILES string of the molecule is OB(O)C1=CC=CNO1. The van der Waals surface area contributed by atoms with Gasteiger partial charge in [0.1, 0.15) is 0 Å². The van der Waals surface area contributed by atoms with E-state index in [1.165, 1.54) is 12.3 Å². The molecule has 1 rings (SSSR count). The second kappa shape index (κ2) is 2.57. The average Bonchev–Trinajstić information content (AvgIpc) is 1.90. The van der Waals surface area contributed by atoms with E-state index >= 15 is 0 Å². The first-order chi connectivity index (χ1) is 4.30. The fraction of sp³-hybridized carbons (Fsp3) is 0. The Morgan fingerprint density at radius 3 is 2.67 bits per heavy atom. The first-order valence-electron chi connectivity index (χ1n) is 2.46. The summed E-state index contributed by atoms with van der Waals surface area (Å²) in [5, 5.41) is 16.9. The van der Waals surface area contributed by atoms with E-state index in [2.05, 4.69) is 10.3 Å². The standard InChI is InChI=1S/C4H6BNO3/c7-5(8)4-2-1-3-6-9-4/h1-3,6-8H. The summed E-state index contributed by atoms with van der Waals surface area (Å²) in [6, 6.07) is 0. The molecule has 0 unspecified atom stereocenters. The van der Waals surface area contributed by atoms with E-state index in [1.807, 2.05) is 0 Å². The van der Waals surface area contributed by atoms with Gasteiger partial charge in [-0.1, -0.05) is 0 Å². The number of hydroxylamine groups is 1. The number of allylic oxidation sites excluding steroid dienone is 2. The molecule has 48 valence electrons. The molecular weight excluding hydrogens is 121 g/mol. The zero-order valence-corrected chi connectivity index (χ0v) is 4.61. The van der Waals surface area contributed by atoms with Crippen LogP contribution in [0.4, 0.5) is 0 Å². The minimum atomic E-state index is -1.54. The highest BCUT2D eigenvalue weighted by Gasteiger charge is 2.17. The lowest BCUT2D eigenvalue weighted by Crippen LogP contribution is -2.23. The second-order valence-electron chi connectivity index (χ2n) is 1.52. The third kappa shape index (κ3) is 1.48. The topological polar surface area (TPSA) is 61.7 Å². The molecule has 1 aliphatic rings. The normalized spacial score (nSPS) is 15.6. The number of hydrogen-bond donors (Lipinski definition) is 3. The highest BCUT2D eigenvalue weighted by Crippen LogP contribution is 2.00. The molecule has 1 aliphatic heterocycles. The van der Waals surface area contributed by atoms with Gasteiger partial charge in [0.05, 0.1) is 0 Å². The van der Waals surface area contributed by atoms with Crippen molar-refractivity contribution < 1.29 is 14.9 Å². The second-order valence-corrected chi connectivity index (χ2v) is 1.52. The molecule has 0 fully saturated rings. The van der Waals surface area contributed by atoms with Gasteiger partial charge in [-0.05, 0) is 12.2 Å². The minimum Gasteiger partial charge on any atom is -0.421 e. The fourth-order valence-electron chi connectivity index (χ4n) is 0.457. The molecule has 0 amide bonds. The monoisotopic (exact) mass is 127 g/mol.